The van der Waals surface area contributed by atoms with E-state index in [1.54, 1.807) is 0 Å². The average molecular weight is 960 g/mol. The van der Waals surface area contributed by atoms with Gasteiger partial charge in [0, 0.05) is 0 Å². The number of carbonyl (C=O) groups is 2. The Morgan fingerprint density at radius 2 is 0.309 bits per heavy atom. The maximum absolute atomic E-state index is 12.1. The number of carbonyl (C=O) groups excluding carboxylic acids is 2. The van der Waals surface area contributed by atoms with Crippen LogP contribution in [0.15, 0.2) is 0 Å². The molecule has 0 spiro atoms. The van der Waals surface area contributed by atoms with Gasteiger partial charge in [-0.3, -0.25) is 9.59 Å². The number of hydrogen-bond acceptors (Lipinski definition) is 4. The fraction of sp³-hybridized carbons (Fsp3) is 0.969. The number of unbranched alkanes of at least 4 members (excludes halogenated alkanes) is 54. The average Bonchev–Trinajstić information content (AvgIpc) is 3.34. The Balaban J connectivity index is 3.22. The van der Waals surface area contributed by atoms with E-state index >= 15 is 0 Å². The SMILES string of the molecule is CCCCCCCCCCCCCCCCCCCCCCCCCCCCCCOC(=O)CCC(=O)OCCCCCCCCCCCCCCCCCCCCCCCCCCCCCC. The molecule has 0 aliphatic carbocycles. The molecule has 0 heterocycles. The summed E-state index contributed by atoms with van der Waals surface area (Å²) in [5.74, 6) is -0.532. The van der Waals surface area contributed by atoms with Crippen molar-refractivity contribution in [2.75, 3.05) is 13.2 Å². The first-order valence-corrected chi connectivity index (χ1v) is 32.0. The molecule has 0 aromatic heterocycles. The molecule has 0 atom stereocenters. The summed E-state index contributed by atoms with van der Waals surface area (Å²) in [4.78, 5) is 24.2. The van der Waals surface area contributed by atoms with Crippen LogP contribution in [0.25, 0.3) is 0 Å². The highest BCUT2D eigenvalue weighted by Crippen LogP contribution is 2.19. The highest BCUT2D eigenvalue weighted by atomic mass is 16.5. The monoisotopic (exact) mass is 959 g/mol. The van der Waals surface area contributed by atoms with Gasteiger partial charge < -0.3 is 9.47 Å². The van der Waals surface area contributed by atoms with Crippen molar-refractivity contribution >= 4 is 11.9 Å². The summed E-state index contributed by atoms with van der Waals surface area (Å²) in [5, 5.41) is 0. The van der Waals surface area contributed by atoms with Gasteiger partial charge in [-0.2, -0.15) is 0 Å². The summed E-state index contributed by atoms with van der Waals surface area (Å²) >= 11 is 0. The van der Waals surface area contributed by atoms with E-state index in [4.69, 9.17) is 9.47 Å². The molecular weight excluding hydrogens is 833 g/mol. The molecule has 4 nitrogen and oxygen atoms in total. The molecule has 0 saturated carbocycles. The van der Waals surface area contributed by atoms with Crippen molar-refractivity contribution in [2.45, 2.75) is 386 Å². The third-order valence-electron chi connectivity index (χ3n) is 15.1. The van der Waals surface area contributed by atoms with Gasteiger partial charge in [0.1, 0.15) is 0 Å². The number of hydrogen-bond donors (Lipinski definition) is 0. The van der Waals surface area contributed by atoms with Gasteiger partial charge in [-0.05, 0) is 12.8 Å². The van der Waals surface area contributed by atoms with Gasteiger partial charge in [0.25, 0.3) is 0 Å². The van der Waals surface area contributed by atoms with Crippen LogP contribution in [0.1, 0.15) is 386 Å². The lowest BCUT2D eigenvalue weighted by Crippen LogP contribution is -2.11. The zero-order valence-corrected chi connectivity index (χ0v) is 47.1. The smallest absolute Gasteiger partial charge is 0.306 e. The molecule has 0 rings (SSSR count). The third kappa shape index (κ3) is 61.1. The van der Waals surface area contributed by atoms with Gasteiger partial charge in [-0.25, -0.2) is 0 Å². The zero-order chi connectivity index (χ0) is 49.0. The summed E-state index contributed by atoms with van der Waals surface area (Å²) in [6.07, 6.45) is 78.4. The van der Waals surface area contributed by atoms with Crippen molar-refractivity contribution in [2.24, 2.45) is 0 Å². The standard InChI is InChI=1S/C64H126O4/c1-3-5-7-9-11-13-15-17-19-21-23-25-27-29-31-33-35-37-39-41-43-45-47-49-51-53-55-57-61-67-63(65)59-60-64(66)68-62-58-56-54-52-50-48-46-44-42-40-38-36-34-32-30-28-26-24-22-20-18-16-14-12-10-8-6-4-2/h3-62H2,1-2H3. The maximum Gasteiger partial charge on any atom is 0.306 e. The Labute approximate surface area is 428 Å². The summed E-state index contributed by atoms with van der Waals surface area (Å²) in [7, 11) is 0. The minimum Gasteiger partial charge on any atom is -0.466 e. The van der Waals surface area contributed by atoms with E-state index in [-0.39, 0.29) is 24.8 Å². The van der Waals surface area contributed by atoms with E-state index in [2.05, 4.69) is 13.8 Å². The van der Waals surface area contributed by atoms with E-state index in [0.29, 0.717) is 13.2 Å². The van der Waals surface area contributed by atoms with Crippen molar-refractivity contribution in [3.63, 3.8) is 0 Å². The Kier molecular flexibility index (Phi) is 61.1. The van der Waals surface area contributed by atoms with E-state index in [9.17, 15) is 9.59 Å². The van der Waals surface area contributed by atoms with E-state index in [1.807, 2.05) is 0 Å². The molecule has 0 aromatic carbocycles. The van der Waals surface area contributed by atoms with Crippen LogP contribution in [-0.2, 0) is 19.1 Å². The Hall–Kier alpha value is -1.06. The molecule has 0 radical (unpaired) electrons. The molecule has 0 unspecified atom stereocenters. The van der Waals surface area contributed by atoms with Crippen LogP contribution in [0.3, 0.4) is 0 Å². The normalized spacial score (nSPS) is 11.5. The van der Waals surface area contributed by atoms with Crippen LogP contribution >= 0.6 is 0 Å². The van der Waals surface area contributed by atoms with Gasteiger partial charge in [0.05, 0.1) is 26.1 Å². The van der Waals surface area contributed by atoms with Crippen LogP contribution in [0, 0.1) is 0 Å². The molecule has 0 N–H and O–H groups in total. The van der Waals surface area contributed by atoms with Gasteiger partial charge >= 0.3 is 11.9 Å². The lowest BCUT2D eigenvalue weighted by atomic mass is 10.0. The number of esters is 2. The quantitative estimate of drug-likeness (QED) is 0.0450. The molecule has 406 valence electrons. The second kappa shape index (κ2) is 62.1. The highest BCUT2D eigenvalue weighted by molar-refractivity contribution is 5.77. The number of rotatable bonds is 61. The fourth-order valence-corrected chi connectivity index (χ4v) is 10.3. The van der Waals surface area contributed by atoms with Crippen LogP contribution < -0.4 is 0 Å². The van der Waals surface area contributed by atoms with Gasteiger partial charge in [-0.1, -0.05) is 361 Å². The first-order valence-electron chi connectivity index (χ1n) is 32.0. The van der Waals surface area contributed by atoms with Crippen LogP contribution in [0.4, 0.5) is 0 Å². The zero-order valence-electron chi connectivity index (χ0n) is 47.1. The van der Waals surface area contributed by atoms with Gasteiger partial charge in [0.2, 0.25) is 0 Å². The topological polar surface area (TPSA) is 52.6 Å². The minimum atomic E-state index is -0.266. The van der Waals surface area contributed by atoms with Crippen molar-refractivity contribution in [3.05, 3.63) is 0 Å². The molecule has 0 bridgehead atoms. The molecule has 0 fully saturated rings. The predicted octanol–water partition coefficient (Wildman–Crippen LogP) is 22.7. The second-order valence-corrected chi connectivity index (χ2v) is 22.0. The van der Waals surface area contributed by atoms with Gasteiger partial charge in [0.15, 0.2) is 0 Å². The molecule has 0 aliphatic heterocycles. The van der Waals surface area contributed by atoms with Crippen molar-refractivity contribution < 1.29 is 19.1 Å². The van der Waals surface area contributed by atoms with Crippen LogP contribution in [-0.4, -0.2) is 25.2 Å². The Morgan fingerprint density at radius 1 is 0.191 bits per heavy atom. The minimum absolute atomic E-state index is 0.137. The molecule has 0 aromatic rings. The molecule has 0 amide bonds. The lowest BCUT2D eigenvalue weighted by molar-refractivity contribution is -0.150. The summed E-state index contributed by atoms with van der Waals surface area (Å²) in [6.45, 7) is 5.56. The maximum atomic E-state index is 12.1. The van der Waals surface area contributed by atoms with E-state index in [0.717, 1.165) is 25.7 Å². The Morgan fingerprint density at radius 3 is 0.441 bits per heavy atom. The van der Waals surface area contributed by atoms with Crippen LogP contribution in [0.5, 0.6) is 0 Å². The molecule has 0 aliphatic rings. The summed E-state index contributed by atoms with van der Waals surface area (Å²) < 4.78 is 10.7. The first-order chi connectivity index (χ1) is 33.7. The van der Waals surface area contributed by atoms with Crippen molar-refractivity contribution in [1.82, 2.24) is 0 Å². The molecule has 4 heteroatoms. The fourth-order valence-electron chi connectivity index (χ4n) is 10.3. The molecule has 0 saturated heterocycles. The molecule has 68 heavy (non-hydrogen) atoms. The van der Waals surface area contributed by atoms with Crippen molar-refractivity contribution in [1.29, 1.82) is 0 Å². The predicted molar refractivity (Wildman–Crippen MR) is 301 cm³/mol. The summed E-state index contributed by atoms with van der Waals surface area (Å²) in [6, 6.07) is 0. The van der Waals surface area contributed by atoms with E-state index < -0.39 is 0 Å². The van der Waals surface area contributed by atoms with Crippen molar-refractivity contribution in [3.8, 4) is 0 Å². The van der Waals surface area contributed by atoms with E-state index in [1.165, 1.54) is 334 Å². The second-order valence-electron chi connectivity index (χ2n) is 22.0. The largest absolute Gasteiger partial charge is 0.466 e. The van der Waals surface area contributed by atoms with Crippen LogP contribution in [0.2, 0.25) is 0 Å². The molecular formula is C64H126O4. The third-order valence-corrected chi connectivity index (χ3v) is 15.1. The van der Waals surface area contributed by atoms with Gasteiger partial charge in [-0.15, -0.1) is 0 Å². The number of ether oxygens (including phenoxy) is 2. The highest BCUT2D eigenvalue weighted by Gasteiger charge is 2.09. The summed E-state index contributed by atoms with van der Waals surface area (Å²) in [5.41, 5.74) is 0. The lowest BCUT2D eigenvalue weighted by Gasteiger charge is -2.07. The first kappa shape index (κ1) is 66.9. The Bertz CT molecular complexity index is 859.